The van der Waals surface area contributed by atoms with E-state index in [4.69, 9.17) is 0 Å². The highest BCUT2D eigenvalue weighted by atomic mass is 79.9. The zero-order valence-corrected chi connectivity index (χ0v) is 13.7. The minimum atomic E-state index is 0.403. The Morgan fingerprint density at radius 3 is 2.68 bits per heavy atom. The lowest BCUT2D eigenvalue weighted by molar-refractivity contribution is 0.490. The largest absolute Gasteiger partial charge is 0.228 e. The van der Waals surface area contributed by atoms with Crippen molar-refractivity contribution in [2.24, 2.45) is 0 Å². The Labute approximate surface area is 135 Å². The van der Waals surface area contributed by atoms with Gasteiger partial charge in [-0.25, -0.2) is 4.68 Å². The summed E-state index contributed by atoms with van der Waals surface area (Å²) in [4.78, 5) is 1.51. The number of aromatic nitrogens is 8. The molecule has 0 spiro atoms. The highest BCUT2D eigenvalue weighted by molar-refractivity contribution is 9.10. The fraction of sp³-hybridized carbons (Fsp3) is 0.385. The van der Waals surface area contributed by atoms with Crippen LogP contribution < -0.4 is 0 Å². The minimum Gasteiger partial charge on any atom is -0.228 e. The van der Waals surface area contributed by atoms with Crippen molar-refractivity contribution in [1.82, 2.24) is 40.4 Å². The molecule has 9 heteroatoms. The van der Waals surface area contributed by atoms with Crippen LogP contribution in [-0.4, -0.2) is 40.4 Å². The number of rotatable bonds is 6. The summed E-state index contributed by atoms with van der Waals surface area (Å²) in [5.41, 5.74) is 0.917. The van der Waals surface area contributed by atoms with E-state index in [-0.39, 0.29) is 0 Å². The maximum atomic E-state index is 4.38. The standard InChI is InChI=1S/C13H15BrN8/c1-2-3-8-21-12(15-18-20-21)9-22-17-13(16-19-22)10-4-6-11(14)7-5-10/h4-7H,2-3,8-9H2,1H3. The van der Waals surface area contributed by atoms with Crippen LogP contribution in [0, 0.1) is 0 Å². The molecule has 3 aromatic rings. The molecule has 0 aliphatic rings. The van der Waals surface area contributed by atoms with Crippen molar-refractivity contribution in [3.05, 3.63) is 34.6 Å². The van der Waals surface area contributed by atoms with E-state index in [2.05, 4.69) is 53.8 Å². The zero-order valence-electron chi connectivity index (χ0n) is 12.1. The van der Waals surface area contributed by atoms with Crippen LogP contribution in [0.3, 0.4) is 0 Å². The summed E-state index contributed by atoms with van der Waals surface area (Å²) < 4.78 is 2.80. The summed E-state index contributed by atoms with van der Waals surface area (Å²) in [5, 5.41) is 24.2. The molecule has 0 radical (unpaired) electrons. The molecule has 2 heterocycles. The van der Waals surface area contributed by atoms with Crippen LogP contribution in [0.25, 0.3) is 11.4 Å². The summed E-state index contributed by atoms with van der Waals surface area (Å²) >= 11 is 3.40. The average Bonchev–Trinajstić information content (AvgIpc) is 3.16. The number of nitrogens with zero attached hydrogens (tertiary/aromatic N) is 8. The lowest BCUT2D eigenvalue weighted by Crippen LogP contribution is -2.12. The molecule has 3 rings (SSSR count). The molecule has 0 atom stereocenters. The van der Waals surface area contributed by atoms with E-state index in [0.29, 0.717) is 12.4 Å². The fourth-order valence-electron chi connectivity index (χ4n) is 1.97. The molecule has 0 fully saturated rings. The first-order valence-electron chi connectivity index (χ1n) is 7.05. The van der Waals surface area contributed by atoms with E-state index in [1.54, 1.807) is 4.68 Å². The van der Waals surface area contributed by atoms with Gasteiger partial charge in [0.05, 0.1) is 0 Å². The Hall–Kier alpha value is -2.16. The summed E-state index contributed by atoms with van der Waals surface area (Å²) in [6, 6.07) is 7.77. The monoisotopic (exact) mass is 362 g/mol. The van der Waals surface area contributed by atoms with Gasteiger partial charge in [0.2, 0.25) is 5.82 Å². The first kappa shape index (κ1) is 14.8. The molecule has 0 bridgehead atoms. The van der Waals surface area contributed by atoms with Crippen LogP contribution in [0.4, 0.5) is 0 Å². The van der Waals surface area contributed by atoms with Gasteiger partial charge < -0.3 is 0 Å². The highest BCUT2D eigenvalue weighted by Gasteiger charge is 2.10. The summed E-state index contributed by atoms with van der Waals surface area (Å²) in [6.07, 6.45) is 2.13. The molecule has 8 nitrogen and oxygen atoms in total. The topological polar surface area (TPSA) is 87.2 Å². The van der Waals surface area contributed by atoms with Gasteiger partial charge in [-0.3, -0.25) is 0 Å². The maximum absolute atomic E-state index is 4.38. The van der Waals surface area contributed by atoms with Gasteiger partial charge in [-0.05, 0) is 46.3 Å². The van der Waals surface area contributed by atoms with E-state index >= 15 is 0 Å². The Morgan fingerprint density at radius 2 is 1.91 bits per heavy atom. The third kappa shape index (κ3) is 3.35. The maximum Gasteiger partial charge on any atom is 0.204 e. The normalized spacial score (nSPS) is 11.0. The van der Waals surface area contributed by atoms with Gasteiger partial charge in [-0.2, -0.15) is 4.80 Å². The minimum absolute atomic E-state index is 0.403. The van der Waals surface area contributed by atoms with Crippen molar-refractivity contribution in [1.29, 1.82) is 0 Å². The molecule has 0 N–H and O–H groups in total. The van der Waals surface area contributed by atoms with Gasteiger partial charge >= 0.3 is 0 Å². The molecule has 0 aliphatic carbocycles. The quantitative estimate of drug-likeness (QED) is 0.665. The SMILES string of the molecule is CCCCn1nnnc1Cn1nnc(-c2ccc(Br)cc2)n1. The van der Waals surface area contributed by atoms with Gasteiger partial charge in [0.15, 0.2) is 5.82 Å². The van der Waals surface area contributed by atoms with Crippen LogP contribution in [0.2, 0.25) is 0 Å². The van der Waals surface area contributed by atoms with Gasteiger partial charge in [-0.1, -0.05) is 29.3 Å². The van der Waals surface area contributed by atoms with Gasteiger partial charge in [0.25, 0.3) is 0 Å². The van der Waals surface area contributed by atoms with Crippen LogP contribution in [-0.2, 0) is 13.1 Å². The molecule has 2 aromatic heterocycles. The lowest BCUT2D eigenvalue weighted by atomic mass is 10.2. The third-order valence-electron chi connectivity index (χ3n) is 3.17. The second-order valence-electron chi connectivity index (χ2n) is 4.82. The van der Waals surface area contributed by atoms with Gasteiger partial charge in [-0.15, -0.1) is 15.3 Å². The predicted octanol–water partition coefficient (Wildman–Crippen LogP) is 1.94. The fourth-order valence-corrected chi connectivity index (χ4v) is 2.23. The summed E-state index contributed by atoms with van der Waals surface area (Å²) in [6.45, 7) is 3.33. The smallest absolute Gasteiger partial charge is 0.204 e. The molecule has 22 heavy (non-hydrogen) atoms. The molecular formula is C13H15BrN8. The predicted molar refractivity (Wildman–Crippen MR) is 82.8 cm³/mol. The Morgan fingerprint density at radius 1 is 1.09 bits per heavy atom. The molecule has 114 valence electrons. The third-order valence-corrected chi connectivity index (χ3v) is 3.70. The van der Waals surface area contributed by atoms with Crippen molar-refractivity contribution in [2.75, 3.05) is 0 Å². The van der Waals surface area contributed by atoms with Gasteiger partial charge in [0.1, 0.15) is 6.54 Å². The number of benzene rings is 1. The average molecular weight is 363 g/mol. The van der Waals surface area contributed by atoms with Crippen molar-refractivity contribution >= 4 is 15.9 Å². The molecule has 1 aromatic carbocycles. The summed E-state index contributed by atoms with van der Waals surface area (Å²) in [5.74, 6) is 1.31. The van der Waals surface area contributed by atoms with Crippen LogP contribution in [0.5, 0.6) is 0 Å². The Balaban J connectivity index is 1.74. The number of halogens is 1. The zero-order chi connectivity index (χ0) is 15.4. The molecule has 0 unspecified atom stereocenters. The number of tetrazole rings is 2. The van der Waals surface area contributed by atoms with Crippen LogP contribution in [0.1, 0.15) is 25.6 Å². The molecular weight excluding hydrogens is 348 g/mol. The molecule has 0 aliphatic heterocycles. The van der Waals surface area contributed by atoms with Crippen molar-refractivity contribution in [2.45, 2.75) is 32.9 Å². The lowest BCUT2D eigenvalue weighted by Gasteiger charge is -2.02. The number of aryl methyl sites for hydroxylation is 1. The van der Waals surface area contributed by atoms with E-state index in [1.165, 1.54) is 4.80 Å². The van der Waals surface area contributed by atoms with E-state index in [0.717, 1.165) is 35.2 Å². The summed E-state index contributed by atoms with van der Waals surface area (Å²) in [7, 11) is 0. The Bertz CT molecular complexity index is 733. The molecule has 0 amide bonds. The van der Waals surface area contributed by atoms with Crippen molar-refractivity contribution in [3.63, 3.8) is 0 Å². The van der Waals surface area contributed by atoms with E-state index in [9.17, 15) is 0 Å². The second-order valence-corrected chi connectivity index (χ2v) is 5.74. The number of hydrogen-bond acceptors (Lipinski definition) is 6. The first-order chi connectivity index (χ1) is 10.8. The Kier molecular flexibility index (Phi) is 4.52. The molecule has 0 saturated carbocycles. The number of hydrogen-bond donors (Lipinski definition) is 0. The second kappa shape index (κ2) is 6.73. The first-order valence-corrected chi connectivity index (χ1v) is 7.84. The van der Waals surface area contributed by atoms with Crippen molar-refractivity contribution < 1.29 is 0 Å². The van der Waals surface area contributed by atoms with Crippen LogP contribution in [0.15, 0.2) is 28.7 Å². The van der Waals surface area contributed by atoms with Gasteiger partial charge in [0, 0.05) is 16.6 Å². The number of unbranched alkanes of at least 4 members (excludes halogenated alkanes) is 1. The van der Waals surface area contributed by atoms with Crippen LogP contribution >= 0.6 is 15.9 Å². The van der Waals surface area contributed by atoms with E-state index < -0.39 is 0 Å². The highest BCUT2D eigenvalue weighted by Crippen LogP contribution is 2.17. The molecule has 0 saturated heterocycles. The van der Waals surface area contributed by atoms with Crippen molar-refractivity contribution in [3.8, 4) is 11.4 Å². The van der Waals surface area contributed by atoms with E-state index in [1.807, 2.05) is 24.3 Å².